The Kier molecular flexibility index (Phi) is 9.57. The number of hydrogen-bond acceptors (Lipinski definition) is 4. The van der Waals surface area contributed by atoms with Gasteiger partial charge in [-0.3, -0.25) is 13.9 Å². The van der Waals surface area contributed by atoms with Crippen molar-refractivity contribution in [2.75, 3.05) is 17.4 Å². The number of carbonyl (C=O) groups excluding carboxylic acids is 2. The maximum atomic E-state index is 13.9. The number of benzene rings is 3. The average Bonchev–Trinajstić information content (AvgIpc) is 2.88. The van der Waals surface area contributed by atoms with Gasteiger partial charge in [0.05, 0.1) is 10.6 Å². The van der Waals surface area contributed by atoms with Gasteiger partial charge in [-0.15, -0.1) is 0 Å². The van der Waals surface area contributed by atoms with Crippen molar-refractivity contribution in [2.24, 2.45) is 0 Å². The van der Waals surface area contributed by atoms with Crippen molar-refractivity contribution >= 4 is 39.1 Å². The molecule has 1 atom stereocenters. The van der Waals surface area contributed by atoms with Gasteiger partial charge in [-0.25, -0.2) is 8.42 Å². The number of carbonyl (C=O) groups is 2. The second-order valence-electron chi connectivity index (χ2n) is 9.33. The van der Waals surface area contributed by atoms with Crippen LogP contribution in [-0.4, -0.2) is 44.3 Å². The van der Waals surface area contributed by atoms with Crippen molar-refractivity contribution in [1.82, 2.24) is 10.2 Å². The van der Waals surface area contributed by atoms with Crippen molar-refractivity contribution in [3.05, 3.63) is 94.0 Å². The van der Waals surface area contributed by atoms with Gasteiger partial charge in [0.2, 0.25) is 11.8 Å². The standard InChI is InChI=1S/C29H34ClN3O4S/c1-6-31-29(35)23(5)32(18-24-11-13-25(30)14-12-24)28(34)19-33(27-17-21(3)7-10-22(27)4)38(36,37)26-15-8-20(2)9-16-26/h7-17,23H,6,18-19H2,1-5H3,(H,31,35)/t23-/m1/s1. The molecule has 38 heavy (non-hydrogen) atoms. The SMILES string of the molecule is CCNC(=O)[C@@H](C)N(Cc1ccc(Cl)cc1)C(=O)CN(c1cc(C)ccc1C)S(=O)(=O)c1ccc(C)cc1. The maximum Gasteiger partial charge on any atom is 0.264 e. The fraction of sp³-hybridized carbons (Fsp3) is 0.310. The molecule has 0 saturated carbocycles. The van der Waals surface area contributed by atoms with E-state index in [-0.39, 0.29) is 17.3 Å². The summed E-state index contributed by atoms with van der Waals surface area (Å²) in [5.74, 6) is -0.829. The minimum absolute atomic E-state index is 0.0813. The van der Waals surface area contributed by atoms with Crippen LogP contribution in [0.15, 0.2) is 71.6 Å². The first-order valence-electron chi connectivity index (χ1n) is 12.4. The first-order valence-corrected chi connectivity index (χ1v) is 14.2. The molecule has 9 heteroatoms. The summed E-state index contributed by atoms with van der Waals surface area (Å²) in [5.41, 5.74) is 3.66. The van der Waals surface area contributed by atoms with Gasteiger partial charge >= 0.3 is 0 Å². The summed E-state index contributed by atoms with van der Waals surface area (Å²) in [4.78, 5) is 28.2. The number of anilines is 1. The van der Waals surface area contributed by atoms with Gasteiger partial charge in [-0.1, -0.05) is 53.6 Å². The molecule has 3 aromatic carbocycles. The molecule has 0 aliphatic heterocycles. The van der Waals surface area contributed by atoms with Crippen LogP contribution in [0.25, 0.3) is 0 Å². The van der Waals surface area contributed by atoms with Crippen molar-refractivity contribution in [3.8, 4) is 0 Å². The van der Waals surface area contributed by atoms with Gasteiger partial charge < -0.3 is 10.2 Å². The van der Waals surface area contributed by atoms with Crippen LogP contribution >= 0.6 is 11.6 Å². The molecule has 7 nitrogen and oxygen atoms in total. The third-order valence-electron chi connectivity index (χ3n) is 6.31. The lowest BCUT2D eigenvalue weighted by Crippen LogP contribution is -2.51. The second-order valence-corrected chi connectivity index (χ2v) is 11.6. The van der Waals surface area contributed by atoms with Crippen molar-refractivity contribution in [1.29, 1.82) is 0 Å². The van der Waals surface area contributed by atoms with E-state index in [0.29, 0.717) is 22.8 Å². The van der Waals surface area contributed by atoms with Crippen LogP contribution < -0.4 is 9.62 Å². The summed E-state index contributed by atoms with van der Waals surface area (Å²) in [6.07, 6.45) is 0. The lowest BCUT2D eigenvalue weighted by molar-refractivity contribution is -0.139. The Morgan fingerprint density at radius 3 is 2.13 bits per heavy atom. The molecule has 3 rings (SSSR count). The number of nitrogens with zero attached hydrogens (tertiary/aromatic N) is 2. The third-order valence-corrected chi connectivity index (χ3v) is 8.33. The third kappa shape index (κ3) is 6.94. The Morgan fingerprint density at radius 2 is 1.53 bits per heavy atom. The number of nitrogens with one attached hydrogen (secondary N) is 1. The average molecular weight is 556 g/mol. The molecule has 0 aromatic heterocycles. The smallest absolute Gasteiger partial charge is 0.264 e. The highest BCUT2D eigenvalue weighted by Crippen LogP contribution is 2.28. The predicted octanol–water partition coefficient (Wildman–Crippen LogP) is 5.01. The van der Waals surface area contributed by atoms with Gasteiger partial charge in [0.25, 0.3) is 10.0 Å². The summed E-state index contributed by atoms with van der Waals surface area (Å²) in [6.45, 7) is 9.02. The minimum Gasteiger partial charge on any atom is -0.355 e. The van der Waals surface area contributed by atoms with Crippen molar-refractivity contribution in [3.63, 3.8) is 0 Å². The molecule has 202 valence electrons. The van der Waals surface area contributed by atoms with Gasteiger partial charge in [0, 0.05) is 18.1 Å². The normalized spacial score (nSPS) is 12.1. The Bertz CT molecular complexity index is 1390. The van der Waals surface area contributed by atoms with Gasteiger partial charge in [0.15, 0.2) is 0 Å². The molecule has 2 amide bonds. The highest BCUT2D eigenvalue weighted by molar-refractivity contribution is 7.92. The summed E-state index contributed by atoms with van der Waals surface area (Å²) >= 11 is 6.03. The molecule has 0 aliphatic carbocycles. The number of sulfonamides is 1. The van der Waals surface area contributed by atoms with E-state index in [9.17, 15) is 18.0 Å². The van der Waals surface area contributed by atoms with E-state index in [2.05, 4.69) is 5.32 Å². The van der Waals surface area contributed by atoms with Crippen LogP contribution in [0, 0.1) is 20.8 Å². The quantitative estimate of drug-likeness (QED) is 0.381. The highest BCUT2D eigenvalue weighted by atomic mass is 35.5. The Hall–Kier alpha value is -3.36. The zero-order valence-corrected chi connectivity index (χ0v) is 23.9. The van der Waals surface area contributed by atoms with Crippen LogP contribution in [0.1, 0.15) is 36.1 Å². The number of hydrogen-bond donors (Lipinski definition) is 1. The molecule has 0 unspecified atom stereocenters. The van der Waals surface area contributed by atoms with Gasteiger partial charge in [-0.2, -0.15) is 0 Å². The van der Waals surface area contributed by atoms with E-state index in [0.717, 1.165) is 21.0 Å². The highest BCUT2D eigenvalue weighted by Gasteiger charge is 2.33. The summed E-state index contributed by atoms with van der Waals surface area (Å²) in [5, 5.41) is 3.30. The van der Waals surface area contributed by atoms with E-state index in [4.69, 9.17) is 11.6 Å². The summed E-state index contributed by atoms with van der Waals surface area (Å²) in [7, 11) is -4.11. The second kappa shape index (κ2) is 12.5. The number of likely N-dealkylation sites (N-methyl/N-ethyl adjacent to an activating group) is 1. The first-order chi connectivity index (χ1) is 17.9. The first kappa shape index (κ1) is 29.2. The summed E-state index contributed by atoms with van der Waals surface area (Å²) in [6, 6.07) is 18.1. The zero-order chi connectivity index (χ0) is 28.0. The van der Waals surface area contributed by atoms with Crippen molar-refractivity contribution in [2.45, 2.75) is 52.1 Å². The molecule has 0 fully saturated rings. The number of amides is 2. The lowest BCUT2D eigenvalue weighted by atomic mass is 10.1. The molecule has 1 N–H and O–H groups in total. The molecule has 0 heterocycles. The van der Waals surface area contributed by atoms with Gasteiger partial charge in [0.1, 0.15) is 12.6 Å². The Labute approximate surface area is 230 Å². The molecule has 0 spiro atoms. The van der Waals surface area contributed by atoms with E-state index >= 15 is 0 Å². The molecule has 3 aromatic rings. The molecular weight excluding hydrogens is 522 g/mol. The van der Waals surface area contributed by atoms with E-state index in [1.807, 2.05) is 26.0 Å². The molecule has 0 aliphatic rings. The van der Waals surface area contributed by atoms with Crippen LogP contribution in [0.4, 0.5) is 5.69 Å². The largest absolute Gasteiger partial charge is 0.355 e. The van der Waals surface area contributed by atoms with E-state index < -0.39 is 28.5 Å². The van der Waals surface area contributed by atoms with Crippen LogP contribution in [0.2, 0.25) is 5.02 Å². The fourth-order valence-corrected chi connectivity index (χ4v) is 5.63. The molecular formula is C29H34ClN3O4S. The monoisotopic (exact) mass is 555 g/mol. The number of aryl methyl sites for hydroxylation is 3. The molecule has 0 saturated heterocycles. The number of rotatable bonds is 10. The fourth-order valence-electron chi connectivity index (χ4n) is 4.03. The lowest BCUT2D eigenvalue weighted by Gasteiger charge is -2.32. The Morgan fingerprint density at radius 1 is 0.921 bits per heavy atom. The molecule has 0 radical (unpaired) electrons. The van der Waals surface area contributed by atoms with Crippen LogP contribution in [-0.2, 0) is 26.2 Å². The van der Waals surface area contributed by atoms with E-state index in [1.54, 1.807) is 63.2 Å². The van der Waals surface area contributed by atoms with Crippen molar-refractivity contribution < 1.29 is 18.0 Å². The summed E-state index contributed by atoms with van der Waals surface area (Å²) < 4.78 is 29.0. The predicted molar refractivity (Wildman–Crippen MR) is 152 cm³/mol. The maximum absolute atomic E-state index is 13.9. The van der Waals surface area contributed by atoms with Crippen LogP contribution in [0.3, 0.4) is 0 Å². The zero-order valence-electron chi connectivity index (χ0n) is 22.4. The van der Waals surface area contributed by atoms with Gasteiger partial charge in [-0.05, 0) is 81.6 Å². The molecule has 0 bridgehead atoms. The minimum atomic E-state index is -4.11. The van der Waals surface area contributed by atoms with Crippen LogP contribution in [0.5, 0.6) is 0 Å². The Balaban J connectivity index is 2.07. The number of halogens is 1. The topological polar surface area (TPSA) is 86.8 Å². The van der Waals surface area contributed by atoms with E-state index in [1.165, 1.54) is 17.0 Å².